The van der Waals surface area contributed by atoms with Gasteiger partial charge in [-0.2, -0.15) is 4.80 Å². The van der Waals surface area contributed by atoms with Crippen LogP contribution in [0, 0.1) is 0 Å². The number of hydrogen-bond acceptors (Lipinski definition) is 4. The number of carbonyl (C=O) groups excluding carboxylic acids is 1. The van der Waals surface area contributed by atoms with E-state index in [1.54, 1.807) is 0 Å². The second-order valence-corrected chi connectivity index (χ2v) is 5.80. The number of aromatic nitrogens is 4. The van der Waals surface area contributed by atoms with Crippen LogP contribution in [0.15, 0.2) is 24.3 Å². The van der Waals surface area contributed by atoms with Crippen molar-refractivity contribution in [3.05, 3.63) is 29.8 Å². The van der Waals surface area contributed by atoms with Gasteiger partial charge in [0, 0.05) is 11.6 Å². The van der Waals surface area contributed by atoms with Crippen LogP contribution < -0.4 is 5.32 Å². The van der Waals surface area contributed by atoms with Gasteiger partial charge in [-0.15, -0.1) is 10.2 Å². The zero-order chi connectivity index (χ0) is 16.1. The Bertz CT molecular complexity index is 618. The number of nitrogens with zero attached hydrogens (tertiary/aromatic N) is 4. The zero-order valence-electron chi connectivity index (χ0n) is 13.6. The number of rotatable bonds is 6. The van der Waals surface area contributed by atoms with Crippen molar-refractivity contribution in [2.24, 2.45) is 0 Å². The molecule has 0 aliphatic rings. The molecule has 0 saturated heterocycles. The molecule has 2 rings (SSSR count). The smallest absolute Gasteiger partial charge is 0.243 e. The molecule has 1 atom stereocenters. The molecule has 1 aromatic carbocycles. The molecule has 1 heterocycles. The maximum Gasteiger partial charge on any atom is 0.243 e. The van der Waals surface area contributed by atoms with Gasteiger partial charge in [-0.25, -0.2) is 0 Å². The van der Waals surface area contributed by atoms with Crippen LogP contribution in [-0.4, -0.2) is 32.2 Å². The molecule has 2 aromatic rings. The van der Waals surface area contributed by atoms with E-state index in [2.05, 4.69) is 46.7 Å². The second kappa shape index (κ2) is 7.15. The van der Waals surface area contributed by atoms with Crippen LogP contribution >= 0.6 is 0 Å². The van der Waals surface area contributed by atoms with E-state index < -0.39 is 0 Å². The predicted molar refractivity (Wildman–Crippen MR) is 85.2 cm³/mol. The van der Waals surface area contributed by atoms with Gasteiger partial charge in [0.15, 0.2) is 0 Å². The molecule has 6 nitrogen and oxygen atoms in total. The van der Waals surface area contributed by atoms with E-state index in [4.69, 9.17) is 0 Å². The fourth-order valence-electron chi connectivity index (χ4n) is 1.99. The molecular formula is C16H23N5O. The fourth-order valence-corrected chi connectivity index (χ4v) is 1.99. The molecule has 1 amide bonds. The van der Waals surface area contributed by atoms with Crippen molar-refractivity contribution >= 4 is 5.91 Å². The van der Waals surface area contributed by atoms with Crippen molar-refractivity contribution in [3.63, 3.8) is 0 Å². The standard InChI is InChI=1S/C16H23N5O/c1-5-12(4)17-15(22)10-21-19-16(18-20-21)14-8-6-13(7-9-14)11(2)3/h6-9,11-12H,5,10H2,1-4H3,(H,17,22)/t12-/m1/s1. The van der Waals surface area contributed by atoms with Gasteiger partial charge in [-0.1, -0.05) is 45.0 Å². The molecule has 0 saturated carbocycles. The lowest BCUT2D eigenvalue weighted by atomic mass is 10.0. The molecule has 1 aromatic heterocycles. The minimum absolute atomic E-state index is 0.0847. The lowest BCUT2D eigenvalue weighted by Crippen LogP contribution is -2.35. The van der Waals surface area contributed by atoms with Crippen molar-refractivity contribution in [1.82, 2.24) is 25.5 Å². The Morgan fingerprint density at radius 3 is 2.50 bits per heavy atom. The highest BCUT2D eigenvalue weighted by molar-refractivity contribution is 5.75. The largest absolute Gasteiger partial charge is 0.352 e. The first kappa shape index (κ1) is 16.1. The summed E-state index contributed by atoms with van der Waals surface area (Å²) in [7, 11) is 0. The molecular weight excluding hydrogens is 278 g/mol. The number of amides is 1. The molecule has 0 aliphatic heterocycles. The van der Waals surface area contributed by atoms with E-state index in [1.165, 1.54) is 10.4 Å². The molecule has 1 N–H and O–H groups in total. The first-order valence-electron chi connectivity index (χ1n) is 7.67. The molecule has 6 heteroatoms. The van der Waals surface area contributed by atoms with Gasteiger partial charge in [-0.3, -0.25) is 4.79 Å². The molecule has 0 spiro atoms. The van der Waals surface area contributed by atoms with Crippen molar-refractivity contribution in [2.75, 3.05) is 0 Å². The average Bonchev–Trinajstić information content (AvgIpc) is 2.95. The Morgan fingerprint density at radius 2 is 1.91 bits per heavy atom. The quantitative estimate of drug-likeness (QED) is 0.889. The Kier molecular flexibility index (Phi) is 5.25. The number of hydrogen-bond donors (Lipinski definition) is 1. The van der Waals surface area contributed by atoms with Crippen LogP contribution in [-0.2, 0) is 11.3 Å². The highest BCUT2D eigenvalue weighted by Gasteiger charge is 2.11. The summed E-state index contributed by atoms with van der Waals surface area (Å²) < 4.78 is 0. The van der Waals surface area contributed by atoms with Crippen LogP contribution in [0.1, 0.15) is 45.6 Å². The molecule has 0 unspecified atom stereocenters. The van der Waals surface area contributed by atoms with E-state index in [0.717, 1.165) is 12.0 Å². The summed E-state index contributed by atoms with van der Waals surface area (Å²) in [5.74, 6) is 0.919. The summed E-state index contributed by atoms with van der Waals surface area (Å²) in [4.78, 5) is 13.1. The first-order chi connectivity index (χ1) is 10.5. The van der Waals surface area contributed by atoms with Crippen molar-refractivity contribution in [1.29, 1.82) is 0 Å². The molecule has 0 bridgehead atoms. The van der Waals surface area contributed by atoms with Gasteiger partial charge in [0.05, 0.1) is 0 Å². The van der Waals surface area contributed by atoms with Gasteiger partial charge in [0.25, 0.3) is 0 Å². The number of tetrazole rings is 1. The Labute approximate surface area is 130 Å². The van der Waals surface area contributed by atoms with Gasteiger partial charge < -0.3 is 5.32 Å². The lowest BCUT2D eigenvalue weighted by molar-refractivity contribution is -0.122. The predicted octanol–water partition coefficient (Wildman–Crippen LogP) is 2.38. The summed E-state index contributed by atoms with van der Waals surface area (Å²) in [6.07, 6.45) is 0.893. The Morgan fingerprint density at radius 1 is 1.23 bits per heavy atom. The van der Waals surface area contributed by atoms with E-state index in [9.17, 15) is 4.79 Å². The molecule has 0 aliphatic carbocycles. The molecule has 118 valence electrons. The summed E-state index contributed by atoms with van der Waals surface area (Å²) in [6.45, 7) is 8.38. The average molecular weight is 301 g/mol. The van der Waals surface area contributed by atoms with E-state index >= 15 is 0 Å². The SMILES string of the molecule is CC[C@@H](C)NC(=O)Cn1nnc(-c2ccc(C(C)C)cc2)n1. The second-order valence-electron chi connectivity index (χ2n) is 5.80. The lowest BCUT2D eigenvalue weighted by Gasteiger charge is -2.10. The zero-order valence-corrected chi connectivity index (χ0v) is 13.6. The van der Waals surface area contributed by atoms with Gasteiger partial charge in [0.2, 0.25) is 11.7 Å². The highest BCUT2D eigenvalue weighted by Crippen LogP contribution is 2.19. The van der Waals surface area contributed by atoms with Crippen molar-refractivity contribution in [3.8, 4) is 11.4 Å². The maximum absolute atomic E-state index is 11.8. The number of carbonyl (C=O) groups is 1. The monoisotopic (exact) mass is 301 g/mol. The van der Waals surface area contributed by atoms with Gasteiger partial charge >= 0.3 is 0 Å². The third-order valence-electron chi connectivity index (χ3n) is 3.59. The molecule has 0 fully saturated rings. The Balaban J connectivity index is 2.03. The van der Waals surface area contributed by atoms with Crippen LogP contribution in [0.3, 0.4) is 0 Å². The minimum Gasteiger partial charge on any atom is -0.352 e. The normalized spacial score (nSPS) is 12.4. The van der Waals surface area contributed by atoms with Gasteiger partial charge in [-0.05, 0) is 30.0 Å². The van der Waals surface area contributed by atoms with Crippen LogP contribution in [0.2, 0.25) is 0 Å². The summed E-state index contributed by atoms with van der Waals surface area (Å²) >= 11 is 0. The molecule has 22 heavy (non-hydrogen) atoms. The first-order valence-corrected chi connectivity index (χ1v) is 7.67. The Hall–Kier alpha value is -2.24. The van der Waals surface area contributed by atoms with Crippen molar-refractivity contribution < 1.29 is 4.79 Å². The minimum atomic E-state index is -0.103. The van der Waals surface area contributed by atoms with E-state index in [0.29, 0.717) is 11.7 Å². The summed E-state index contributed by atoms with van der Waals surface area (Å²) in [5, 5.41) is 15.1. The maximum atomic E-state index is 11.8. The van der Waals surface area contributed by atoms with E-state index in [-0.39, 0.29) is 18.5 Å². The molecule has 0 radical (unpaired) electrons. The fraction of sp³-hybridized carbons (Fsp3) is 0.500. The number of benzene rings is 1. The topological polar surface area (TPSA) is 72.7 Å². The summed E-state index contributed by atoms with van der Waals surface area (Å²) in [5.41, 5.74) is 2.17. The third kappa shape index (κ3) is 4.13. The van der Waals surface area contributed by atoms with Crippen molar-refractivity contribution in [2.45, 2.75) is 52.6 Å². The van der Waals surface area contributed by atoms with E-state index in [1.807, 2.05) is 26.0 Å². The van der Waals surface area contributed by atoms with Crippen LogP contribution in [0.5, 0.6) is 0 Å². The van der Waals surface area contributed by atoms with Crippen LogP contribution in [0.25, 0.3) is 11.4 Å². The summed E-state index contributed by atoms with van der Waals surface area (Å²) in [6, 6.07) is 8.25. The third-order valence-corrected chi connectivity index (χ3v) is 3.59. The van der Waals surface area contributed by atoms with Gasteiger partial charge in [0.1, 0.15) is 6.54 Å². The highest BCUT2D eigenvalue weighted by atomic mass is 16.2. The number of nitrogens with one attached hydrogen (secondary N) is 1. The van der Waals surface area contributed by atoms with Crippen LogP contribution in [0.4, 0.5) is 0 Å².